The number of hydrogen-bond acceptors (Lipinski definition) is 3. The van der Waals surface area contributed by atoms with E-state index in [2.05, 4.69) is 30.8 Å². The van der Waals surface area contributed by atoms with Crippen molar-refractivity contribution in [1.29, 1.82) is 0 Å². The maximum atomic E-state index is 11.9. The van der Waals surface area contributed by atoms with Gasteiger partial charge in [0.1, 0.15) is 0 Å². The second kappa shape index (κ2) is 8.22. The van der Waals surface area contributed by atoms with Crippen LogP contribution in [0.3, 0.4) is 0 Å². The minimum atomic E-state index is -3.07. The second-order valence-corrected chi connectivity index (χ2v) is 8.08. The molecule has 1 aliphatic rings. The van der Waals surface area contributed by atoms with Crippen LogP contribution < -0.4 is 10.0 Å². The molecule has 0 aromatic carbocycles. The SMILES string of the molecule is CC(C)NCCCCS(=O)(=O)NCC1CCCC1C. The van der Waals surface area contributed by atoms with Gasteiger partial charge in [0.25, 0.3) is 0 Å². The highest BCUT2D eigenvalue weighted by Gasteiger charge is 2.24. The summed E-state index contributed by atoms with van der Waals surface area (Å²) >= 11 is 0. The highest BCUT2D eigenvalue weighted by atomic mass is 32.2. The first-order chi connectivity index (χ1) is 8.91. The number of unbranched alkanes of at least 4 members (excludes halogenated alkanes) is 1. The molecule has 1 aliphatic carbocycles. The van der Waals surface area contributed by atoms with Crippen LogP contribution in [0.25, 0.3) is 0 Å². The Morgan fingerprint density at radius 1 is 1.21 bits per heavy atom. The Hall–Kier alpha value is -0.130. The molecule has 0 heterocycles. The van der Waals surface area contributed by atoms with E-state index in [4.69, 9.17) is 0 Å². The van der Waals surface area contributed by atoms with Gasteiger partial charge >= 0.3 is 0 Å². The third kappa shape index (κ3) is 7.28. The van der Waals surface area contributed by atoms with Crippen molar-refractivity contribution in [2.24, 2.45) is 11.8 Å². The summed E-state index contributed by atoms with van der Waals surface area (Å²) in [5, 5.41) is 3.30. The summed E-state index contributed by atoms with van der Waals surface area (Å²) in [6.45, 7) is 7.95. The Bertz CT molecular complexity index is 341. The topological polar surface area (TPSA) is 58.2 Å². The van der Waals surface area contributed by atoms with Crippen LogP contribution in [-0.2, 0) is 10.0 Å². The lowest BCUT2D eigenvalue weighted by Gasteiger charge is -2.16. The zero-order valence-corrected chi connectivity index (χ0v) is 13.4. The highest BCUT2D eigenvalue weighted by Crippen LogP contribution is 2.30. The molecule has 0 bridgehead atoms. The summed E-state index contributed by atoms with van der Waals surface area (Å²) < 4.78 is 26.5. The van der Waals surface area contributed by atoms with Gasteiger partial charge in [0.2, 0.25) is 10.0 Å². The molecule has 0 aromatic heterocycles. The summed E-state index contributed by atoms with van der Waals surface area (Å²) in [7, 11) is -3.07. The molecule has 2 atom stereocenters. The molecule has 19 heavy (non-hydrogen) atoms. The molecule has 2 N–H and O–H groups in total. The lowest BCUT2D eigenvalue weighted by molar-refractivity contribution is 0.414. The zero-order chi connectivity index (χ0) is 14.3. The van der Waals surface area contributed by atoms with E-state index in [0.29, 0.717) is 24.4 Å². The molecular formula is C14H30N2O2S. The molecule has 0 spiro atoms. The summed E-state index contributed by atoms with van der Waals surface area (Å²) in [6, 6.07) is 0.471. The van der Waals surface area contributed by atoms with E-state index >= 15 is 0 Å². The molecule has 114 valence electrons. The van der Waals surface area contributed by atoms with E-state index in [0.717, 1.165) is 19.4 Å². The number of rotatable bonds is 9. The van der Waals surface area contributed by atoms with Gasteiger partial charge in [-0.2, -0.15) is 0 Å². The molecule has 0 radical (unpaired) electrons. The van der Waals surface area contributed by atoms with Gasteiger partial charge < -0.3 is 5.32 Å². The molecular weight excluding hydrogens is 260 g/mol. The van der Waals surface area contributed by atoms with Crippen molar-refractivity contribution in [2.45, 2.75) is 58.9 Å². The molecule has 4 nitrogen and oxygen atoms in total. The Morgan fingerprint density at radius 2 is 1.95 bits per heavy atom. The normalized spacial score (nSPS) is 24.2. The predicted octanol–water partition coefficient (Wildman–Crippen LogP) is 2.12. The van der Waals surface area contributed by atoms with Gasteiger partial charge in [-0.1, -0.05) is 33.6 Å². The van der Waals surface area contributed by atoms with E-state index in [9.17, 15) is 8.42 Å². The fraction of sp³-hybridized carbons (Fsp3) is 1.00. The molecule has 1 saturated carbocycles. The van der Waals surface area contributed by atoms with Crippen molar-refractivity contribution in [1.82, 2.24) is 10.0 Å². The van der Waals surface area contributed by atoms with Gasteiger partial charge in [0.15, 0.2) is 0 Å². The van der Waals surface area contributed by atoms with Crippen LogP contribution >= 0.6 is 0 Å². The van der Waals surface area contributed by atoms with Gasteiger partial charge in [-0.05, 0) is 37.6 Å². The third-order valence-electron chi connectivity index (χ3n) is 4.00. The molecule has 0 saturated heterocycles. The standard InChI is InChI=1S/C14H30N2O2S/c1-12(2)15-9-4-5-10-19(17,18)16-11-14-8-6-7-13(14)3/h12-16H,4-11H2,1-3H3. The monoisotopic (exact) mass is 290 g/mol. The Morgan fingerprint density at radius 3 is 2.53 bits per heavy atom. The first-order valence-corrected chi connectivity index (χ1v) is 9.26. The Kier molecular flexibility index (Phi) is 7.32. The van der Waals surface area contributed by atoms with E-state index in [-0.39, 0.29) is 5.75 Å². The number of sulfonamides is 1. The van der Waals surface area contributed by atoms with Gasteiger partial charge in [-0.15, -0.1) is 0 Å². The largest absolute Gasteiger partial charge is 0.315 e. The molecule has 2 unspecified atom stereocenters. The van der Waals surface area contributed by atoms with Crippen molar-refractivity contribution in [2.75, 3.05) is 18.8 Å². The molecule has 0 amide bonds. The van der Waals surface area contributed by atoms with Gasteiger partial charge in [0.05, 0.1) is 5.75 Å². The lowest BCUT2D eigenvalue weighted by Crippen LogP contribution is -2.32. The van der Waals surface area contributed by atoms with Crippen LogP contribution in [0.15, 0.2) is 0 Å². The smallest absolute Gasteiger partial charge is 0.211 e. The molecule has 1 fully saturated rings. The highest BCUT2D eigenvalue weighted by molar-refractivity contribution is 7.89. The number of nitrogens with one attached hydrogen (secondary N) is 2. The minimum Gasteiger partial charge on any atom is -0.315 e. The van der Waals surface area contributed by atoms with Crippen LogP contribution in [0.4, 0.5) is 0 Å². The van der Waals surface area contributed by atoms with Crippen LogP contribution in [0, 0.1) is 11.8 Å². The fourth-order valence-electron chi connectivity index (χ4n) is 2.64. The molecule has 0 aliphatic heterocycles. The van der Waals surface area contributed by atoms with E-state index < -0.39 is 10.0 Å². The maximum Gasteiger partial charge on any atom is 0.211 e. The van der Waals surface area contributed by atoms with Gasteiger partial charge in [-0.25, -0.2) is 13.1 Å². The lowest BCUT2D eigenvalue weighted by atomic mass is 9.99. The van der Waals surface area contributed by atoms with Crippen LogP contribution in [-0.4, -0.2) is 33.3 Å². The van der Waals surface area contributed by atoms with Crippen molar-refractivity contribution in [3.05, 3.63) is 0 Å². The van der Waals surface area contributed by atoms with Gasteiger partial charge in [-0.3, -0.25) is 0 Å². The Labute approximate surface area is 118 Å². The fourth-order valence-corrected chi connectivity index (χ4v) is 3.84. The zero-order valence-electron chi connectivity index (χ0n) is 12.6. The summed E-state index contributed by atoms with van der Waals surface area (Å²) in [5.74, 6) is 1.46. The van der Waals surface area contributed by atoms with Crippen molar-refractivity contribution in [3.8, 4) is 0 Å². The average molecular weight is 290 g/mol. The van der Waals surface area contributed by atoms with Gasteiger partial charge in [0, 0.05) is 12.6 Å². The predicted molar refractivity (Wildman–Crippen MR) is 80.7 cm³/mol. The molecule has 5 heteroatoms. The Balaban J connectivity index is 2.13. The minimum absolute atomic E-state index is 0.258. The van der Waals surface area contributed by atoms with E-state index in [1.54, 1.807) is 0 Å². The van der Waals surface area contributed by atoms with Crippen LogP contribution in [0.5, 0.6) is 0 Å². The summed E-state index contributed by atoms with van der Waals surface area (Å²) in [4.78, 5) is 0. The average Bonchev–Trinajstić information content (AvgIpc) is 2.71. The second-order valence-electron chi connectivity index (χ2n) is 6.15. The van der Waals surface area contributed by atoms with Crippen molar-refractivity contribution in [3.63, 3.8) is 0 Å². The molecule has 0 aromatic rings. The van der Waals surface area contributed by atoms with E-state index in [1.807, 2.05) is 0 Å². The third-order valence-corrected chi connectivity index (χ3v) is 5.43. The van der Waals surface area contributed by atoms with Crippen molar-refractivity contribution >= 4 is 10.0 Å². The summed E-state index contributed by atoms with van der Waals surface area (Å²) in [5.41, 5.74) is 0. The summed E-state index contributed by atoms with van der Waals surface area (Å²) in [6.07, 6.45) is 5.30. The van der Waals surface area contributed by atoms with Crippen LogP contribution in [0.2, 0.25) is 0 Å². The first-order valence-electron chi connectivity index (χ1n) is 7.61. The molecule has 1 rings (SSSR count). The quantitative estimate of drug-likeness (QED) is 0.640. The first kappa shape index (κ1) is 16.9. The van der Waals surface area contributed by atoms with E-state index in [1.165, 1.54) is 19.3 Å². The maximum absolute atomic E-state index is 11.9. The number of hydrogen-bond donors (Lipinski definition) is 2. The van der Waals surface area contributed by atoms with Crippen LogP contribution in [0.1, 0.15) is 52.9 Å². The van der Waals surface area contributed by atoms with Crippen molar-refractivity contribution < 1.29 is 8.42 Å².